The van der Waals surface area contributed by atoms with Gasteiger partial charge in [0.25, 0.3) is 0 Å². The number of nitriles is 1. The lowest BCUT2D eigenvalue weighted by Gasteiger charge is -2.12. The zero-order valence-corrected chi connectivity index (χ0v) is 15.0. The monoisotopic (exact) mass is 328 g/mol. The summed E-state index contributed by atoms with van der Waals surface area (Å²) in [6.45, 7) is 6.58. The van der Waals surface area contributed by atoms with E-state index >= 15 is 0 Å². The van der Waals surface area contributed by atoms with Crippen molar-refractivity contribution < 1.29 is 4.74 Å². The van der Waals surface area contributed by atoms with Crippen molar-refractivity contribution >= 4 is 5.82 Å². The van der Waals surface area contributed by atoms with Crippen molar-refractivity contribution in [2.45, 2.75) is 46.6 Å². The van der Waals surface area contributed by atoms with Crippen LogP contribution in [0.25, 0.3) is 0 Å². The quantitative estimate of drug-likeness (QED) is 0.839. The Bertz CT molecular complexity index is 759. The Hall–Kier alpha value is -2.62. The van der Waals surface area contributed by atoms with E-state index < -0.39 is 0 Å². The molecule has 0 unspecified atom stereocenters. The highest BCUT2D eigenvalue weighted by molar-refractivity contribution is 5.57. The molecule has 0 aromatic carbocycles. The van der Waals surface area contributed by atoms with Gasteiger partial charge in [-0.25, -0.2) is 4.68 Å². The van der Waals surface area contributed by atoms with Crippen LogP contribution in [0.3, 0.4) is 0 Å². The third-order valence-electron chi connectivity index (χ3n) is 4.09. The fourth-order valence-electron chi connectivity index (χ4n) is 2.91. The number of ether oxygens (including phenoxy) is 1. The predicted molar refractivity (Wildman–Crippen MR) is 92.0 cm³/mol. The van der Waals surface area contributed by atoms with Crippen molar-refractivity contribution in [1.82, 2.24) is 20.0 Å². The first-order valence-electron chi connectivity index (χ1n) is 8.22. The topological polar surface area (TPSA) is 88.7 Å². The van der Waals surface area contributed by atoms with Gasteiger partial charge in [0.05, 0.1) is 24.1 Å². The maximum Gasteiger partial charge on any atom is 0.216 e. The lowest BCUT2D eigenvalue weighted by Crippen LogP contribution is -2.11. The minimum Gasteiger partial charge on any atom is -0.481 e. The van der Waals surface area contributed by atoms with Crippen molar-refractivity contribution in [3.8, 4) is 11.9 Å². The molecule has 0 saturated carbocycles. The van der Waals surface area contributed by atoms with Crippen molar-refractivity contribution in [1.29, 1.82) is 5.26 Å². The van der Waals surface area contributed by atoms with Crippen LogP contribution in [-0.4, -0.2) is 27.1 Å². The van der Waals surface area contributed by atoms with Crippen molar-refractivity contribution in [2.75, 3.05) is 12.4 Å². The summed E-state index contributed by atoms with van der Waals surface area (Å²) in [5, 5.41) is 25.7. The van der Waals surface area contributed by atoms with Gasteiger partial charge in [0.15, 0.2) is 5.82 Å². The molecule has 1 N–H and O–H groups in total. The molecular formula is C17H24N6O. The van der Waals surface area contributed by atoms with Gasteiger partial charge in [0.1, 0.15) is 11.6 Å². The first-order chi connectivity index (χ1) is 11.6. The normalized spacial score (nSPS) is 10.5. The number of hydrogen-bond donors (Lipinski definition) is 1. The van der Waals surface area contributed by atoms with Gasteiger partial charge in [-0.3, -0.25) is 0 Å². The van der Waals surface area contributed by atoms with Crippen LogP contribution in [0.5, 0.6) is 5.88 Å². The highest BCUT2D eigenvalue weighted by atomic mass is 16.5. The van der Waals surface area contributed by atoms with E-state index in [2.05, 4.69) is 33.6 Å². The second-order valence-electron chi connectivity index (χ2n) is 5.43. The molecule has 7 heteroatoms. The number of aromatic nitrogens is 4. The summed E-state index contributed by atoms with van der Waals surface area (Å²) in [7, 11) is 3.49. The average Bonchev–Trinajstić information content (AvgIpc) is 2.93. The minimum atomic E-state index is 0.484. The van der Waals surface area contributed by atoms with E-state index in [4.69, 9.17) is 4.74 Å². The molecule has 0 spiro atoms. The summed E-state index contributed by atoms with van der Waals surface area (Å²) < 4.78 is 7.17. The van der Waals surface area contributed by atoms with Gasteiger partial charge in [-0.15, -0.1) is 5.10 Å². The maximum absolute atomic E-state index is 9.55. The van der Waals surface area contributed by atoms with E-state index in [9.17, 15) is 5.26 Å². The van der Waals surface area contributed by atoms with Crippen LogP contribution in [-0.2, 0) is 32.9 Å². The van der Waals surface area contributed by atoms with E-state index in [1.807, 2.05) is 20.9 Å². The standard InChI is InChI=1S/C17H24N6O/c1-6-11-12(9-18)16(21-20-14(11)7-2)19-10-13-15(8-3)22-23(4)17(13)24-5/h6-8,10H2,1-5H3,(H,19,21). The lowest BCUT2D eigenvalue weighted by atomic mass is 10.0. The summed E-state index contributed by atoms with van der Waals surface area (Å²) >= 11 is 0. The molecule has 24 heavy (non-hydrogen) atoms. The van der Waals surface area contributed by atoms with Crippen molar-refractivity contribution in [2.24, 2.45) is 7.05 Å². The fourth-order valence-corrected chi connectivity index (χ4v) is 2.91. The molecule has 0 aliphatic carbocycles. The average molecular weight is 328 g/mol. The number of rotatable bonds is 7. The first kappa shape index (κ1) is 17.7. The third-order valence-corrected chi connectivity index (χ3v) is 4.09. The van der Waals surface area contributed by atoms with Crippen LogP contribution in [0.2, 0.25) is 0 Å². The summed E-state index contributed by atoms with van der Waals surface area (Å²) in [4.78, 5) is 0. The predicted octanol–water partition coefficient (Wildman–Crippen LogP) is 2.39. The SMILES string of the molecule is CCc1nnc(NCc2c(CC)nn(C)c2OC)c(C#N)c1CC. The van der Waals surface area contributed by atoms with Crippen LogP contribution < -0.4 is 10.1 Å². The smallest absolute Gasteiger partial charge is 0.216 e. The van der Waals surface area contributed by atoms with Crippen molar-refractivity contribution in [3.63, 3.8) is 0 Å². The highest BCUT2D eigenvalue weighted by Crippen LogP contribution is 2.25. The van der Waals surface area contributed by atoms with Gasteiger partial charge in [-0.05, 0) is 24.8 Å². The Balaban J connectivity index is 2.36. The summed E-state index contributed by atoms with van der Waals surface area (Å²) in [5.41, 5.74) is 4.37. The van der Waals surface area contributed by atoms with Crippen LogP contribution in [0.1, 0.15) is 48.8 Å². The molecular weight excluding hydrogens is 304 g/mol. The number of anilines is 1. The van der Waals surface area contributed by atoms with E-state index in [0.717, 1.165) is 41.8 Å². The van der Waals surface area contributed by atoms with Crippen LogP contribution in [0, 0.1) is 11.3 Å². The summed E-state index contributed by atoms with van der Waals surface area (Å²) in [6.07, 6.45) is 2.33. The number of nitrogens with zero attached hydrogens (tertiary/aromatic N) is 5. The molecule has 0 atom stereocenters. The van der Waals surface area contributed by atoms with Crippen LogP contribution in [0.4, 0.5) is 5.82 Å². The van der Waals surface area contributed by atoms with Gasteiger partial charge in [0, 0.05) is 13.6 Å². The van der Waals surface area contributed by atoms with E-state index in [1.165, 1.54) is 0 Å². The Kier molecular flexibility index (Phi) is 5.74. The largest absolute Gasteiger partial charge is 0.481 e. The van der Waals surface area contributed by atoms with Gasteiger partial charge >= 0.3 is 0 Å². The summed E-state index contributed by atoms with van der Waals surface area (Å²) in [5.74, 6) is 1.23. The zero-order valence-electron chi connectivity index (χ0n) is 15.0. The lowest BCUT2D eigenvalue weighted by molar-refractivity contribution is 0.369. The Labute approximate surface area is 142 Å². The molecule has 0 radical (unpaired) electrons. The second kappa shape index (κ2) is 7.77. The molecule has 2 rings (SSSR count). The van der Waals surface area contributed by atoms with Gasteiger partial charge in [0.2, 0.25) is 5.88 Å². The highest BCUT2D eigenvalue weighted by Gasteiger charge is 2.18. The second-order valence-corrected chi connectivity index (χ2v) is 5.43. The van der Waals surface area contributed by atoms with E-state index in [1.54, 1.807) is 11.8 Å². The molecule has 2 aromatic rings. The van der Waals surface area contributed by atoms with Gasteiger partial charge < -0.3 is 10.1 Å². The van der Waals surface area contributed by atoms with Crippen molar-refractivity contribution in [3.05, 3.63) is 28.1 Å². The minimum absolute atomic E-state index is 0.484. The van der Waals surface area contributed by atoms with E-state index in [0.29, 0.717) is 23.8 Å². The van der Waals surface area contributed by atoms with Gasteiger partial charge in [-0.1, -0.05) is 20.8 Å². The molecule has 0 fully saturated rings. The Morgan fingerprint density at radius 1 is 1.08 bits per heavy atom. The molecule has 2 heterocycles. The fraction of sp³-hybridized carbons (Fsp3) is 0.529. The molecule has 0 bridgehead atoms. The number of hydrogen-bond acceptors (Lipinski definition) is 6. The molecule has 0 saturated heterocycles. The molecule has 0 aliphatic heterocycles. The Morgan fingerprint density at radius 3 is 2.33 bits per heavy atom. The summed E-state index contributed by atoms with van der Waals surface area (Å²) in [6, 6.07) is 2.27. The van der Waals surface area contributed by atoms with Crippen LogP contribution >= 0.6 is 0 Å². The first-order valence-corrected chi connectivity index (χ1v) is 8.22. The molecule has 2 aromatic heterocycles. The zero-order chi connectivity index (χ0) is 17.7. The van der Waals surface area contributed by atoms with E-state index in [-0.39, 0.29) is 0 Å². The number of nitrogens with one attached hydrogen (secondary N) is 1. The molecule has 0 amide bonds. The molecule has 7 nitrogen and oxygen atoms in total. The molecule has 128 valence electrons. The Morgan fingerprint density at radius 2 is 1.79 bits per heavy atom. The number of aryl methyl sites for hydroxylation is 3. The molecule has 0 aliphatic rings. The number of methoxy groups -OCH3 is 1. The van der Waals surface area contributed by atoms with Gasteiger partial charge in [-0.2, -0.15) is 15.5 Å². The third kappa shape index (κ3) is 3.18. The maximum atomic E-state index is 9.55. The van der Waals surface area contributed by atoms with Crippen LogP contribution in [0.15, 0.2) is 0 Å².